The predicted molar refractivity (Wildman–Crippen MR) is 101 cm³/mol. The molecule has 0 N–H and O–H groups in total. The van der Waals surface area contributed by atoms with Crippen molar-refractivity contribution < 1.29 is 13.2 Å². The molecule has 4 saturated carbocycles. The molecular formula is C21H25NO3S. The van der Waals surface area contributed by atoms with Crippen molar-refractivity contribution in [1.82, 2.24) is 0 Å². The van der Waals surface area contributed by atoms with E-state index in [9.17, 15) is 13.2 Å². The minimum atomic E-state index is -3.21. The predicted octanol–water partition coefficient (Wildman–Crippen LogP) is 3.55. The second kappa shape index (κ2) is 5.69. The molecule has 1 atom stereocenters. The number of anilines is 1. The van der Waals surface area contributed by atoms with Gasteiger partial charge in [0.2, 0.25) is 5.91 Å². The van der Waals surface area contributed by atoms with Crippen LogP contribution in [0.1, 0.15) is 38.5 Å². The van der Waals surface area contributed by atoms with Crippen molar-refractivity contribution in [2.75, 3.05) is 10.7 Å². The first-order chi connectivity index (χ1) is 12.4. The first kappa shape index (κ1) is 16.5. The molecule has 4 bridgehead atoms. The van der Waals surface area contributed by atoms with E-state index in [0.29, 0.717) is 17.8 Å². The Kier molecular flexibility index (Phi) is 3.62. The maximum atomic E-state index is 13.9. The molecular weight excluding hydrogens is 346 g/mol. The molecule has 138 valence electrons. The Bertz CT molecular complexity index is 823. The number of benzene rings is 1. The van der Waals surface area contributed by atoms with Crippen LogP contribution in [0, 0.1) is 23.2 Å². The van der Waals surface area contributed by atoms with Crippen LogP contribution in [0.25, 0.3) is 0 Å². The van der Waals surface area contributed by atoms with E-state index in [-0.39, 0.29) is 23.1 Å². The SMILES string of the molecule is O=C(N(c1ccccc1)[C@@H]1C=CS(=O)(=O)C1)C12CC3CC(CC(C3)C1)C2. The van der Waals surface area contributed by atoms with Gasteiger partial charge in [0.05, 0.1) is 17.2 Å². The van der Waals surface area contributed by atoms with Crippen molar-refractivity contribution in [1.29, 1.82) is 0 Å². The van der Waals surface area contributed by atoms with E-state index in [1.807, 2.05) is 30.3 Å². The molecule has 1 amide bonds. The number of amides is 1. The molecule has 5 heteroatoms. The molecule has 5 aliphatic rings. The Morgan fingerprint density at radius 3 is 2.04 bits per heavy atom. The van der Waals surface area contributed by atoms with Gasteiger partial charge in [-0.05, 0) is 74.5 Å². The number of nitrogens with zero attached hydrogens (tertiary/aromatic N) is 1. The third-order valence-electron chi connectivity index (χ3n) is 6.99. The fraction of sp³-hybridized carbons (Fsp3) is 0.571. The number of carbonyl (C=O) groups excluding carboxylic acids is 1. The zero-order valence-electron chi connectivity index (χ0n) is 14.9. The molecule has 6 rings (SSSR count). The maximum Gasteiger partial charge on any atom is 0.233 e. The van der Waals surface area contributed by atoms with Crippen LogP contribution in [-0.4, -0.2) is 26.1 Å². The molecule has 26 heavy (non-hydrogen) atoms. The minimum Gasteiger partial charge on any atom is -0.304 e. The second-order valence-electron chi connectivity index (χ2n) is 8.93. The minimum absolute atomic E-state index is 0.000000000000000444. The summed E-state index contributed by atoms with van der Waals surface area (Å²) in [6, 6.07) is 9.24. The van der Waals surface area contributed by atoms with E-state index < -0.39 is 9.84 Å². The van der Waals surface area contributed by atoms with Gasteiger partial charge in [-0.2, -0.15) is 0 Å². The monoisotopic (exact) mass is 371 g/mol. The molecule has 0 unspecified atom stereocenters. The Hall–Kier alpha value is -1.62. The van der Waals surface area contributed by atoms with Crippen LogP contribution >= 0.6 is 0 Å². The van der Waals surface area contributed by atoms with Crippen LogP contribution in [0.4, 0.5) is 5.69 Å². The lowest BCUT2D eigenvalue weighted by molar-refractivity contribution is -0.143. The van der Waals surface area contributed by atoms with Gasteiger partial charge in [0, 0.05) is 11.1 Å². The fourth-order valence-corrected chi connectivity index (χ4v) is 7.66. The van der Waals surface area contributed by atoms with Crippen LogP contribution in [0.5, 0.6) is 0 Å². The van der Waals surface area contributed by atoms with Crippen LogP contribution in [-0.2, 0) is 14.6 Å². The number of sulfone groups is 1. The van der Waals surface area contributed by atoms with Crippen molar-refractivity contribution >= 4 is 21.4 Å². The summed E-state index contributed by atoms with van der Waals surface area (Å²) < 4.78 is 24.0. The van der Waals surface area contributed by atoms with Crippen molar-refractivity contribution in [2.24, 2.45) is 23.2 Å². The number of hydrogen-bond acceptors (Lipinski definition) is 3. The van der Waals surface area contributed by atoms with E-state index >= 15 is 0 Å². The summed E-state index contributed by atoms with van der Waals surface area (Å²) in [7, 11) is -3.21. The van der Waals surface area contributed by atoms with Gasteiger partial charge >= 0.3 is 0 Å². The topological polar surface area (TPSA) is 54.5 Å². The number of para-hydroxylation sites is 1. The number of carbonyl (C=O) groups is 1. The van der Waals surface area contributed by atoms with Gasteiger partial charge in [-0.15, -0.1) is 0 Å². The van der Waals surface area contributed by atoms with Crippen molar-refractivity contribution in [3.05, 3.63) is 41.8 Å². The largest absolute Gasteiger partial charge is 0.304 e. The van der Waals surface area contributed by atoms with E-state index in [4.69, 9.17) is 0 Å². The van der Waals surface area contributed by atoms with Gasteiger partial charge in [0.1, 0.15) is 0 Å². The van der Waals surface area contributed by atoms with E-state index in [0.717, 1.165) is 24.9 Å². The third kappa shape index (κ3) is 2.63. The lowest BCUT2D eigenvalue weighted by Crippen LogP contribution is -2.57. The molecule has 4 fully saturated rings. The summed E-state index contributed by atoms with van der Waals surface area (Å²) in [6.07, 6.45) is 8.53. The third-order valence-corrected chi connectivity index (χ3v) is 8.37. The molecule has 0 aromatic heterocycles. The summed E-state index contributed by atoms with van der Waals surface area (Å²) in [5.74, 6) is 2.22. The Morgan fingerprint density at radius 2 is 1.54 bits per heavy atom. The van der Waals surface area contributed by atoms with Crippen LogP contribution < -0.4 is 4.90 Å². The molecule has 4 nitrogen and oxygen atoms in total. The Balaban J connectivity index is 1.53. The van der Waals surface area contributed by atoms with E-state index in [2.05, 4.69) is 0 Å². The van der Waals surface area contributed by atoms with Gasteiger partial charge in [0.15, 0.2) is 9.84 Å². The highest BCUT2D eigenvalue weighted by atomic mass is 32.2. The highest BCUT2D eigenvalue weighted by Gasteiger charge is 2.56. The smallest absolute Gasteiger partial charge is 0.233 e. The average molecular weight is 372 g/mol. The van der Waals surface area contributed by atoms with Crippen LogP contribution in [0.3, 0.4) is 0 Å². The van der Waals surface area contributed by atoms with Crippen LogP contribution in [0.15, 0.2) is 41.8 Å². The highest BCUT2D eigenvalue weighted by molar-refractivity contribution is 7.94. The zero-order chi connectivity index (χ0) is 17.9. The van der Waals surface area contributed by atoms with E-state index in [1.54, 1.807) is 11.0 Å². The second-order valence-corrected chi connectivity index (χ2v) is 10.9. The summed E-state index contributed by atoms with van der Waals surface area (Å²) in [6.45, 7) is 0. The lowest BCUT2D eigenvalue weighted by Gasteiger charge is -2.57. The van der Waals surface area contributed by atoms with Crippen molar-refractivity contribution in [2.45, 2.75) is 44.6 Å². The highest BCUT2D eigenvalue weighted by Crippen LogP contribution is 2.60. The normalized spacial score (nSPS) is 39.2. The maximum absolute atomic E-state index is 13.9. The lowest BCUT2D eigenvalue weighted by atomic mass is 9.49. The average Bonchev–Trinajstić information content (AvgIpc) is 2.94. The Morgan fingerprint density at radius 1 is 0.962 bits per heavy atom. The Labute approximate surface area is 155 Å². The van der Waals surface area contributed by atoms with Gasteiger partial charge in [0.25, 0.3) is 0 Å². The molecule has 1 heterocycles. The van der Waals surface area contributed by atoms with Crippen LogP contribution in [0.2, 0.25) is 0 Å². The zero-order valence-corrected chi connectivity index (χ0v) is 15.7. The van der Waals surface area contributed by atoms with Crippen molar-refractivity contribution in [3.63, 3.8) is 0 Å². The first-order valence-corrected chi connectivity index (χ1v) is 11.5. The molecule has 0 saturated heterocycles. The quantitative estimate of drug-likeness (QED) is 0.816. The summed E-state index contributed by atoms with van der Waals surface area (Å²) in [4.78, 5) is 15.7. The van der Waals surface area contributed by atoms with Gasteiger partial charge in [-0.3, -0.25) is 4.79 Å². The summed E-state index contributed by atoms with van der Waals surface area (Å²) >= 11 is 0. The number of hydrogen-bond donors (Lipinski definition) is 0. The van der Waals surface area contributed by atoms with Crippen molar-refractivity contribution in [3.8, 4) is 0 Å². The standard InChI is InChI=1S/C21H25NO3S/c23-20(21-11-15-8-16(12-21)10-17(9-15)13-21)22(18-4-2-1-3-5-18)19-6-7-26(24,25)14-19/h1-7,15-17,19H,8-14H2/t15?,16?,17?,19-,21?/m1/s1. The molecule has 1 aromatic rings. The molecule has 4 aliphatic carbocycles. The summed E-state index contributed by atoms with van der Waals surface area (Å²) in [5, 5.41) is 1.28. The van der Waals surface area contributed by atoms with Gasteiger partial charge in [-0.1, -0.05) is 18.2 Å². The van der Waals surface area contributed by atoms with Gasteiger partial charge in [-0.25, -0.2) is 8.42 Å². The number of rotatable bonds is 3. The van der Waals surface area contributed by atoms with Gasteiger partial charge < -0.3 is 4.90 Å². The van der Waals surface area contributed by atoms with E-state index in [1.165, 1.54) is 24.7 Å². The molecule has 1 aliphatic heterocycles. The molecule has 0 radical (unpaired) electrons. The summed E-state index contributed by atoms with van der Waals surface area (Å²) in [5.41, 5.74) is 0.546. The molecule has 0 spiro atoms. The molecule has 1 aromatic carbocycles. The fourth-order valence-electron chi connectivity index (χ4n) is 6.40. The first-order valence-electron chi connectivity index (χ1n) is 9.74.